The van der Waals surface area contributed by atoms with Crippen LogP contribution in [-0.4, -0.2) is 36.6 Å². The Morgan fingerprint density at radius 3 is 2.50 bits per heavy atom. The first kappa shape index (κ1) is 16.3. The summed E-state index contributed by atoms with van der Waals surface area (Å²) in [6, 6.07) is 1.55. The smallest absolute Gasteiger partial charge is 0.0223 e. The standard InChI is InChI=1S/C18H36N2/c1-15(2)8-7-9-16(3)20-13-12-19-18(14-20)17-10-5-4-6-11-17/h15-19H,4-14H2,1-3H3. The lowest BCUT2D eigenvalue weighted by molar-refractivity contribution is 0.109. The van der Waals surface area contributed by atoms with Crippen molar-refractivity contribution in [3.05, 3.63) is 0 Å². The molecule has 1 aliphatic carbocycles. The highest BCUT2D eigenvalue weighted by atomic mass is 15.2. The molecule has 1 heterocycles. The van der Waals surface area contributed by atoms with Crippen LogP contribution in [-0.2, 0) is 0 Å². The fraction of sp³-hybridized carbons (Fsp3) is 1.00. The molecule has 2 nitrogen and oxygen atoms in total. The molecule has 2 unspecified atom stereocenters. The van der Waals surface area contributed by atoms with Gasteiger partial charge in [0.15, 0.2) is 0 Å². The van der Waals surface area contributed by atoms with Crippen molar-refractivity contribution >= 4 is 0 Å². The Bertz CT molecular complexity index is 258. The Hall–Kier alpha value is -0.0800. The lowest BCUT2D eigenvalue weighted by Crippen LogP contribution is -2.56. The van der Waals surface area contributed by atoms with E-state index in [1.54, 1.807) is 0 Å². The van der Waals surface area contributed by atoms with Crippen molar-refractivity contribution in [3.63, 3.8) is 0 Å². The van der Waals surface area contributed by atoms with Crippen LogP contribution >= 0.6 is 0 Å². The number of nitrogens with zero attached hydrogens (tertiary/aromatic N) is 1. The Balaban J connectivity index is 1.74. The van der Waals surface area contributed by atoms with Gasteiger partial charge in [0.1, 0.15) is 0 Å². The number of rotatable bonds is 6. The third-order valence-electron chi connectivity index (χ3n) is 5.48. The predicted octanol–water partition coefficient (Wildman–Crippen LogP) is 4.06. The third-order valence-corrected chi connectivity index (χ3v) is 5.48. The molecule has 0 aromatic rings. The van der Waals surface area contributed by atoms with E-state index in [1.807, 2.05) is 0 Å². The number of piperazine rings is 1. The van der Waals surface area contributed by atoms with Gasteiger partial charge in [0, 0.05) is 31.7 Å². The average Bonchev–Trinajstić information content (AvgIpc) is 2.48. The van der Waals surface area contributed by atoms with Gasteiger partial charge in [0.2, 0.25) is 0 Å². The van der Waals surface area contributed by atoms with E-state index in [4.69, 9.17) is 0 Å². The van der Waals surface area contributed by atoms with Crippen molar-refractivity contribution in [1.29, 1.82) is 0 Å². The molecule has 2 rings (SSSR count). The monoisotopic (exact) mass is 280 g/mol. The molecule has 2 heteroatoms. The van der Waals surface area contributed by atoms with Gasteiger partial charge in [-0.2, -0.15) is 0 Å². The number of hydrogen-bond acceptors (Lipinski definition) is 2. The maximum atomic E-state index is 3.81. The summed E-state index contributed by atoms with van der Waals surface area (Å²) < 4.78 is 0. The van der Waals surface area contributed by atoms with E-state index in [0.29, 0.717) is 0 Å². The van der Waals surface area contributed by atoms with Crippen LogP contribution in [0.1, 0.15) is 72.1 Å². The highest BCUT2D eigenvalue weighted by Crippen LogP contribution is 2.28. The first-order valence-electron chi connectivity index (χ1n) is 9.14. The second-order valence-electron chi connectivity index (χ2n) is 7.63. The molecule has 1 N–H and O–H groups in total. The lowest BCUT2D eigenvalue weighted by atomic mass is 9.83. The summed E-state index contributed by atoms with van der Waals surface area (Å²) in [5.41, 5.74) is 0. The van der Waals surface area contributed by atoms with Crippen LogP contribution in [0.5, 0.6) is 0 Å². The normalized spacial score (nSPS) is 27.9. The van der Waals surface area contributed by atoms with Crippen LogP contribution in [0, 0.1) is 11.8 Å². The quantitative estimate of drug-likeness (QED) is 0.789. The molecule has 118 valence electrons. The molecule has 0 amide bonds. The molecule has 1 saturated carbocycles. The van der Waals surface area contributed by atoms with E-state index >= 15 is 0 Å². The lowest BCUT2D eigenvalue weighted by Gasteiger charge is -2.41. The van der Waals surface area contributed by atoms with Crippen LogP contribution < -0.4 is 5.32 Å². The average molecular weight is 280 g/mol. The highest BCUT2D eigenvalue weighted by molar-refractivity contribution is 4.87. The molecular formula is C18H36N2. The summed E-state index contributed by atoms with van der Waals surface area (Å²) in [4.78, 5) is 2.76. The van der Waals surface area contributed by atoms with Crippen LogP contribution in [0.4, 0.5) is 0 Å². The van der Waals surface area contributed by atoms with E-state index in [2.05, 4.69) is 31.0 Å². The van der Waals surface area contributed by atoms with E-state index in [1.165, 1.54) is 71.0 Å². The predicted molar refractivity (Wildman–Crippen MR) is 88.1 cm³/mol. The van der Waals surface area contributed by atoms with Gasteiger partial charge in [-0.1, -0.05) is 46.0 Å². The van der Waals surface area contributed by atoms with Crippen LogP contribution in [0.2, 0.25) is 0 Å². The van der Waals surface area contributed by atoms with Gasteiger partial charge in [0.25, 0.3) is 0 Å². The Morgan fingerprint density at radius 2 is 1.80 bits per heavy atom. The molecule has 2 atom stereocenters. The summed E-state index contributed by atoms with van der Waals surface area (Å²) in [6.07, 6.45) is 11.5. The molecule has 0 spiro atoms. The zero-order valence-electron chi connectivity index (χ0n) is 14.0. The number of hydrogen-bond donors (Lipinski definition) is 1. The van der Waals surface area contributed by atoms with Gasteiger partial charge in [-0.15, -0.1) is 0 Å². The van der Waals surface area contributed by atoms with Gasteiger partial charge in [0.05, 0.1) is 0 Å². The minimum absolute atomic E-state index is 0.775. The first-order chi connectivity index (χ1) is 9.66. The van der Waals surface area contributed by atoms with Crippen molar-refractivity contribution < 1.29 is 0 Å². The molecule has 2 aliphatic rings. The number of nitrogens with one attached hydrogen (secondary N) is 1. The molecule has 20 heavy (non-hydrogen) atoms. The molecule has 0 radical (unpaired) electrons. The zero-order valence-corrected chi connectivity index (χ0v) is 14.0. The van der Waals surface area contributed by atoms with Crippen LogP contribution in [0.25, 0.3) is 0 Å². The molecule has 1 aliphatic heterocycles. The molecule has 0 bridgehead atoms. The second kappa shape index (κ2) is 8.38. The Labute approximate surface area is 126 Å². The Morgan fingerprint density at radius 1 is 1.05 bits per heavy atom. The third kappa shape index (κ3) is 5.04. The summed E-state index contributed by atoms with van der Waals surface area (Å²) >= 11 is 0. The van der Waals surface area contributed by atoms with Crippen molar-refractivity contribution in [2.75, 3.05) is 19.6 Å². The maximum absolute atomic E-state index is 3.81. The SMILES string of the molecule is CC(C)CCCC(C)N1CCNC(C2CCCCC2)C1. The van der Waals surface area contributed by atoms with E-state index < -0.39 is 0 Å². The first-order valence-corrected chi connectivity index (χ1v) is 9.14. The van der Waals surface area contributed by atoms with E-state index in [-0.39, 0.29) is 0 Å². The summed E-state index contributed by atoms with van der Waals surface area (Å²) in [5, 5.41) is 3.81. The largest absolute Gasteiger partial charge is 0.311 e. The van der Waals surface area contributed by atoms with Crippen molar-refractivity contribution in [1.82, 2.24) is 10.2 Å². The second-order valence-corrected chi connectivity index (χ2v) is 7.63. The molecular weight excluding hydrogens is 244 g/mol. The Kier molecular flexibility index (Phi) is 6.83. The van der Waals surface area contributed by atoms with Gasteiger partial charge < -0.3 is 5.32 Å². The fourth-order valence-electron chi connectivity index (χ4n) is 4.06. The van der Waals surface area contributed by atoms with Crippen molar-refractivity contribution in [3.8, 4) is 0 Å². The highest BCUT2D eigenvalue weighted by Gasteiger charge is 2.29. The van der Waals surface area contributed by atoms with Gasteiger partial charge in [-0.05, 0) is 38.0 Å². The van der Waals surface area contributed by atoms with Crippen LogP contribution in [0.15, 0.2) is 0 Å². The molecule has 1 saturated heterocycles. The topological polar surface area (TPSA) is 15.3 Å². The fourth-order valence-corrected chi connectivity index (χ4v) is 4.06. The van der Waals surface area contributed by atoms with Crippen molar-refractivity contribution in [2.45, 2.75) is 84.2 Å². The van der Waals surface area contributed by atoms with Crippen LogP contribution in [0.3, 0.4) is 0 Å². The summed E-state index contributed by atoms with van der Waals surface area (Å²) in [7, 11) is 0. The molecule has 0 aromatic heterocycles. The molecule has 0 aromatic carbocycles. The summed E-state index contributed by atoms with van der Waals surface area (Å²) in [5.74, 6) is 1.81. The minimum Gasteiger partial charge on any atom is -0.311 e. The molecule has 2 fully saturated rings. The van der Waals surface area contributed by atoms with E-state index in [9.17, 15) is 0 Å². The van der Waals surface area contributed by atoms with E-state index in [0.717, 1.165) is 23.9 Å². The van der Waals surface area contributed by atoms with Gasteiger partial charge in [-0.3, -0.25) is 4.90 Å². The minimum atomic E-state index is 0.775. The van der Waals surface area contributed by atoms with Gasteiger partial charge >= 0.3 is 0 Å². The van der Waals surface area contributed by atoms with Crippen molar-refractivity contribution in [2.24, 2.45) is 11.8 Å². The zero-order chi connectivity index (χ0) is 14.4. The maximum Gasteiger partial charge on any atom is 0.0223 e. The van der Waals surface area contributed by atoms with Gasteiger partial charge in [-0.25, -0.2) is 0 Å². The summed E-state index contributed by atoms with van der Waals surface area (Å²) in [6.45, 7) is 10.9.